The SMILES string of the molecule is CCCOC(=O)[C@@H]1[C@@H](C(=O)O)N(Cc2ccccc2)C(=O)N1Cc1ccccc1. The molecular formula is C22H24N2O5. The van der Waals surface area contributed by atoms with Crippen LogP contribution in [0.5, 0.6) is 0 Å². The van der Waals surface area contributed by atoms with Gasteiger partial charge in [-0.05, 0) is 17.5 Å². The molecule has 0 bridgehead atoms. The molecule has 0 unspecified atom stereocenters. The van der Waals surface area contributed by atoms with E-state index in [-0.39, 0.29) is 19.7 Å². The molecule has 0 saturated carbocycles. The Balaban J connectivity index is 1.95. The van der Waals surface area contributed by atoms with Gasteiger partial charge >= 0.3 is 18.0 Å². The van der Waals surface area contributed by atoms with E-state index >= 15 is 0 Å². The van der Waals surface area contributed by atoms with E-state index in [0.717, 1.165) is 11.1 Å². The molecule has 152 valence electrons. The van der Waals surface area contributed by atoms with Crippen LogP contribution in [0.3, 0.4) is 0 Å². The second-order valence-corrected chi connectivity index (χ2v) is 6.90. The summed E-state index contributed by atoms with van der Waals surface area (Å²) in [5, 5.41) is 9.88. The molecule has 29 heavy (non-hydrogen) atoms. The topological polar surface area (TPSA) is 87.1 Å². The highest BCUT2D eigenvalue weighted by atomic mass is 16.5. The molecule has 3 rings (SSSR count). The highest BCUT2D eigenvalue weighted by Crippen LogP contribution is 2.28. The zero-order chi connectivity index (χ0) is 20.8. The van der Waals surface area contributed by atoms with Crippen LogP contribution >= 0.6 is 0 Å². The number of carbonyl (C=O) groups is 3. The summed E-state index contributed by atoms with van der Waals surface area (Å²) in [6.07, 6.45) is 0.608. The molecule has 1 fully saturated rings. The summed E-state index contributed by atoms with van der Waals surface area (Å²) < 4.78 is 5.25. The van der Waals surface area contributed by atoms with Crippen LogP contribution in [0.15, 0.2) is 60.7 Å². The first-order chi connectivity index (χ1) is 14.0. The van der Waals surface area contributed by atoms with Crippen molar-refractivity contribution in [1.82, 2.24) is 9.80 Å². The number of amides is 2. The first kappa shape index (κ1) is 20.4. The Bertz CT molecular complexity index is 856. The van der Waals surface area contributed by atoms with Gasteiger partial charge in [0.15, 0.2) is 12.1 Å². The number of benzene rings is 2. The van der Waals surface area contributed by atoms with Gasteiger partial charge in [-0.15, -0.1) is 0 Å². The fourth-order valence-corrected chi connectivity index (χ4v) is 3.45. The van der Waals surface area contributed by atoms with Crippen LogP contribution in [-0.2, 0) is 27.4 Å². The molecule has 1 aliphatic heterocycles. The van der Waals surface area contributed by atoms with E-state index < -0.39 is 30.1 Å². The Kier molecular flexibility index (Phi) is 6.49. The molecule has 1 aliphatic rings. The first-order valence-corrected chi connectivity index (χ1v) is 9.57. The molecule has 1 heterocycles. The summed E-state index contributed by atoms with van der Waals surface area (Å²) in [6, 6.07) is 15.3. The molecule has 7 nitrogen and oxygen atoms in total. The number of carboxylic acids is 1. The Morgan fingerprint density at radius 3 is 1.83 bits per heavy atom. The van der Waals surface area contributed by atoms with E-state index in [9.17, 15) is 19.5 Å². The van der Waals surface area contributed by atoms with Gasteiger partial charge in [-0.25, -0.2) is 14.4 Å². The van der Waals surface area contributed by atoms with Gasteiger partial charge in [0.2, 0.25) is 0 Å². The quantitative estimate of drug-likeness (QED) is 0.694. The van der Waals surface area contributed by atoms with Crippen LogP contribution in [0.1, 0.15) is 24.5 Å². The van der Waals surface area contributed by atoms with E-state index in [1.807, 2.05) is 67.6 Å². The second-order valence-electron chi connectivity index (χ2n) is 6.90. The molecule has 1 N–H and O–H groups in total. The molecular weight excluding hydrogens is 372 g/mol. The smallest absolute Gasteiger partial charge is 0.331 e. The number of esters is 1. The third kappa shape index (κ3) is 4.56. The summed E-state index contributed by atoms with van der Waals surface area (Å²) in [6.45, 7) is 2.25. The number of urea groups is 1. The van der Waals surface area contributed by atoms with Crippen molar-refractivity contribution in [2.75, 3.05) is 6.61 Å². The van der Waals surface area contributed by atoms with Gasteiger partial charge in [-0.2, -0.15) is 0 Å². The Morgan fingerprint density at radius 2 is 1.38 bits per heavy atom. The Morgan fingerprint density at radius 1 is 0.897 bits per heavy atom. The monoisotopic (exact) mass is 396 g/mol. The Hall–Kier alpha value is -3.35. The number of hydrogen-bond donors (Lipinski definition) is 1. The minimum atomic E-state index is -1.32. The van der Waals surface area contributed by atoms with Crippen LogP contribution in [0.4, 0.5) is 4.79 Å². The van der Waals surface area contributed by atoms with Gasteiger partial charge < -0.3 is 19.6 Å². The molecule has 2 aromatic carbocycles. The van der Waals surface area contributed by atoms with E-state index in [2.05, 4.69) is 0 Å². The number of nitrogens with zero attached hydrogens (tertiary/aromatic N) is 2. The number of hydrogen-bond acceptors (Lipinski definition) is 4. The number of ether oxygens (including phenoxy) is 1. The number of carboxylic acid groups (broad SMARTS) is 1. The number of aliphatic carboxylic acids is 1. The average molecular weight is 396 g/mol. The maximum atomic E-state index is 13.2. The van der Waals surface area contributed by atoms with Crippen LogP contribution in [0.25, 0.3) is 0 Å². The maximum absolute atomic E-state index is 13.2. The minimum Gasteiger partial charge on any atom is -0.480 e. The summed E-state index contributed by atoms with van der Waals surface area (Å²) in [7, 11) is 0. The van der Waals surface area contributed by atoms with Gasteiger partial charge in [-0.3, -0.25) is 0 Å². The molecule has 0 spiro atoms. The van der Waals surface area contributed by atoms with E-state index in [0.29, 0.717) is 6.42 Å². The van der Waals surface area contributed by atoms with Gasteiger partial charge in [0, 0.05) is 13.1 Å². The lowest BCUT2D eigenvalue weighted by atomic mass is 10.1. The van der Waals surface area contributed by atoms with Crippen LogP contribution < -0.4 is 0 Å². The van der Waals surface area contributed by atoms with Crippen LogP contribution in [0.2, 0.25) is 0 Å². The lowest BCUT2D eigenvalue weighted by Gasteiger charge is -2.23. The Labute approximate surface area is 169 Å². The lowest BCUT2D eigenvalue weighted by Crippen LogP contribution is -2.48. The van der Waals surface area contributed by atoms with Crippen molar-refractivity contribution in [1.29, 1.82) is 0 Å². The van der Waals surface area contributed by atoms with Crippen molar-refractivity contribution in [3.05, 3.63) is 71.8 Å². The number of carbonyl (C=O) groups excluding carboxylic acids is 2. The molecule has 7 heteroatoms. The third-order valence-electron chi connectivity index (χ3n) is 4.80. The maximum Gasteiger partial charge on any atom is 0.331 e. The van der Waals surface area contributed by atoms with Crippen molar-refractivity contribution in [2.45, 2.75) is 38.5 Å². The zero-order valence-electron chi connectivity index (χ0n) is 16.2. The summed E-state index contributed by atoms with van der Waals surface area (Å²) in [4.78, 5) is 40.6. The lowest BCUT2D eigenvalue weighted by molar-refractivity contribution is -0.155. The van der Waals surface area contributed by atoms with Crippen molar-refractivity contribution in [3.8, 4) is 0 Å². The molecule has 2 amide bonds. The van der Waals surface area contributed by atoms with Crippen LogP contribution in [0, 0.1) is 0 Å². The molecule has 2 aromatic rings. The van der Waals surface area contributed by atoms with Crippen molar-refractivity contribution in [2.24, 2.45) is 0 Å². The summed E-state index contributed by atoms with van der Waals surface area (Å²) in [5.74, 6) is -1.93. The van der Waals surface area contributed by atoms with Crippen molar-refractivity contribution >= 4 is 18.0 Å². The van der Waals surface area contributed by atoms with Gasteiger partial charge in [0.25, 0.3) is 0 Å². The molecule has 1 saturated heterocycles. The fourth-order valence-electron chi connectivity index (χ4n) is 3.45. The third-order valence-corrected chi connectivity index (χ3v) is 4.80. The first-order valence-electron chi connectivity index (χ1n) is 9.57. The summed E-state index contributed by atoms with van der Waals surface area (Å²) in [5.41, 5.74) is 1.59. The summed E-state index contributed by atoms with van der Waals surface area (Å²) >= 11 is 0. The van der Waals surface area contributed by atoms with Crippen molar-refractivity contribution < 1.29 is 24.2 Å². The highest BCUT2D eigenvalue weighted by molar-refractivity contribution is 5.96. The normalized spacial score (nSPS) is 18.7. The average Bonchev–Trinajstić information content (AvgIpc) is 3.00. The molecule has 0 aliphatic carbocycles. The predicted molar refractivity (Wildman–Crippen MR) is 106 cm³/mol. The minimum absolute atomic E-state index is 0.0967. The largest absolute Gasteiger partial charge is 0.480 e. The molecule has 2 atom stereocenters. The fraction of sp³-hybridized carbons (Fsp3) is 0.318. The van der Waals surface area contributed by atoms with Crippen LogP contribution in [-0.4, -0.2) is 51.6 Å². The van der Waals surface area contributed by atoms with E-state index in [1.165, 1.54) is 9.80 Å². The van der Waals surface area contributed by atoms with Crippen molar-refractivity contribution in [3.63, 3.8) is 0 Å². The standard InChI is InChI=1S/C22H24N2O5/c1-2-13-29-21(27)19-18(20(25)26)23(14-16-9-5-3-6-10-16)22(28)24(19)15-17-11-7-4-8-12-17/h3-12,18-19H,2,13-15H2,1H3,(H,25,26)/t18-,19-/m0/s1. The zero-order valence-corrected chi connectivity index (χ0v) is 16.2. The van der Waals surface area contributed by atoms with Gasteiger partial charge in [0.1, 0.15) is 0 Å². The predicted octanol–water partition coefficient (Wildman–Crippen LogP) is 2.90. The van der Waals surface area contributed by atoms with Gasteiger partial charge in [-0.1, -0.05) is 67.6 Å². The molecule has 0 aromatic heterocycles. The molecule has 0 radical (unpaired) electrons. The van der Waals surface area contributed by atoms with E-state index in [4.69, 9.17) is 4.74 Å². The second kappa shape index (κ2) is 9.23. The highest BCUT2D eigenvalue weighted by Gasteiger charge is 2.53. The number of rotatable bonds is 8. The van der Waals surface area contributed by atoms with E-state index in [1.54, 1.807) is 0 Å². The van der Waals surface area contributed by atoms with Gasteiger partial charge in [0.05, 0.1) is 6.61 Å².